The van der Waals surface area contributed by atoms with Gasteiger partial charge in [0.05, 0.1) is 18.1 Å². The lowest BCUT2D eigenvalue weighted by atomic mass is 9.71. The average Bonchev–Trinajstić information content (AvgIpc) is 2.62. The van der Waals surface area contributed by atoms with Crippen molar-refractivity contribution < 1.29 is 14.3 Å². The van der Waals surface area contributed by atoms with Gasteiger partial charge in [-0.1, -0.05) is 12.8 Å². The predicted molar refractivity (Wildman–Crippen MR) is 51.9 cm³/mol. The third kappa shape index (κ3) is 1.44. The van der Waals surface area contributed by atoms with Crippen molar-refractivity contribution in [2.24, 2.45) is 5.41 Å². The molecule has 0 aromatic heterocycles. The second-order valence-corrected chi connectivity index (χ2v) is 4.23. The molecule has 1 saturated carbocycles. The van der Waals surface area contributed by atoms with Crippen LogP contribution >= 0.6 is 0 Å². The highest BCUT2D eigenvalue weighted by Gasteiger charge is 2.52. The van der Waals surface area contributed by atoms with Crippen molar-refractivity contribution in [1.82, 2.24) is 0 Å². The zero-order chi connectivity index (χ0) is 10.0. The summed E-state index contributed by atoms with van der Waals surface area (Å²) in [6.07, 6.45) is 5.30. The molecule has 2 atom stereocenters. The first-order valence-electron chi connectivity index (χ1n) is 5.58. The van der Waals surface area contributed by atoms with Crippen LogP contribution in [0.25, 0.3) is 0 Å². The summed E-state index contributed by atoms with van der Waals surface area (Å²) in [5, 5.41) is 0. The van der Waals surface area contributed by atoms with Gasteiger partial charge in [-0.05, 0) is 26.2 Å². The van der Waals surface area contributed by atoms with Gasteiger partial charge in [0, 0.05) is 6.61 Å². The number of ether oxygens (including phenoxy) is 2. The fourth-order valence-corrected chi connectivity index (χ4v) is 2.73. The Morgan fingerprint density at radius 2 is 2.36 bits per heavy atom. The molecule has 0 aromatic rings. The Labute approximate surface area is 84.8 Å². The van der Waals surface area contributed by atoms with Crippen LogP contribution in [0.15, 0.2) is 0 Å². The van der Waals surface area contributed by atoms with Gasteiger partial charge in [0.15, 0.2) is 0 Å². The molecule has 1 aliphatic carbocycles. The van der Waals surface area contributed by atoms with Crippen LogP contribution in [0.5, 0.6) is 0 Å². The molecule has 2 aliphatic rings. The molecule has 1 saturated heterocycles. The highest BCUT2D eigenvalue weighted by atomic mass is 16.5. The topological polar surface area (TPSA) is 35.5 Å². The summed E-state index contributed by atoms with van der Waals surface area (Å²) in [4.78, 5) is 11.9. The van der Waals surface area contributed by atoms with E-state index in [-0.39, 0.29) is 17.5 Å². The lowest BCUT2D eigenvalue weighted by Gasteiger charge is -2.35. The maximum absolute atomic E-state index is 11.9. The van der Waals surface area contributed by atoms with E-state index in [2.05, 4.69) is 0 Å². The lowest BCUT2D eigenvalue weighted by Crippen LogP contribution is -2.42. The molecule has 2 rings (SSSR count). The van der Waals surface area contributed by atoms with Crippen LogP contribution in [0.3, 0.4) is 0 Å². The maximum Gasteiger partial charge on any atom is 0.314 e. The molecule has 0 spiro atoms. The van der Waals surface area contributed by atoms with Crippen molar-refractivity contribution in [3.8, 4) is 0 Å². The smallest absolute Gasteiger partial charge is 0.314 e. The van der Waals surface area contributed by atoms with Crippen molar-refractivity contribution in [3.63, 3.8) is 0 Å². The molecule has 0 N–H and O–H groups in total. The predicted octanol–water partition coefficient (Wildman–Crippen LogP) is 1.90. The van der Waals surface area contributed by atoms with Crippen LogP contribution in [0.1, 0.15) is 39.0 Å². The maximum atomic E-state index is 11.9. The van der Waals surface area contributed by atoms with Crippen molar-refractivity contribution >= 4 is 5.97 Å². The summed E-state index contributed by atoms with van der Waals surface area (Å²) in [6, 6.07) is 0. The Bertz CT molecular complexity index is 227. The molecule has 0 amide bonds. The van der Waals surface area contributed by atoms with Crippen LogP contribution in [-0.2, 0) is 14.3 Å². The van der Waals surface area contributed by atoms with E-state index in [1.165, 1.54) is 6.42 Å². The second-order valence-electron chi connectivity index (χ2n) is 4.23. The number of fused-ring (bicyclic) bond motifs is 1. The first-order chi connectivity index (χ1) is 6.79. The van der Waals surface area contributed by atoms with E-state index in [9.17, 15) is 4.79 Å². The summed E-state index contributed by atoms with van der Waals surface area (Å²) in [6.45, 7) is 3.07. The monoisotopic (exact) mass is 198 g/mol. The third-order valence-corrected chi connectivity index (χ3v) is 3.50. The van der Waals surface area contributed by atoms with Gasteiger partial charge in [-0.3, -0.25) is 4.79 Å². The van der Waals surface area contributed by atoms with E-state index in [0.29, 0.717) is 6.61 Å². The summed E-state index contributed by atoms with van der Waals surface area (Å²) in [5.74, 6) is -0.0257. The molecular weight excluding hydrogens is 180 g/mol. The molecule has 0 aromatic carbocycles. The first-order valence-corrected chi connectivity index (χ1v) is 5.58. The number of carbonyl (C=O) groups is 1. The zero-order valence-corrected chi connectivity index (χ0v) is 8.75. The lowest BCUT2D eigenvalue weighted by molar-refractivity contribution is -0.161. The molecule has 3 heteroatoms. The number of esters is 1. The largest absolute Gasteiger partial charge is 0.465 e. The van der Waals surface area contributed by atoms with E-state index in [1.54, 1.807) is 0 Å². The van der Waals surface area contributed by atoms with E-state index in [4.69, 9.17) is 9.47 Å². The molecule has 0 radical (unpaired) electrons. The molecule has 14 heavy (non-hydrogen) atoms. The minimum absolute atomic E-state index is 0.0257. The van der Waals surface area contributed by atoms with Crippen molar-refractivity contribution in [2.75, 3.05) is 13.2 Å². The first kappa shape index (κ1) is 9.97. The number of hydrogen-bond donors (Lipinski definition) is 0. The van der Waals surface area contributed by atoms with Crippen molar-refractivity contribution in [3.05, 3.63) is 0 Å². The Morgan fingerprint density at radius 3 is 3.14 bits per heavy atom. The summed E-state index contributed by atoms with van der Waals surface area (Å²) < 4.78 is 10.8. The quantitative estimate of drug-likeness (QED) is 0.636. The Kier molecular flexibility index (Phi) is 2.77. The second kappa shape index (κ2) is 3.89. The fraction of sp³-hybridized carbons (Fsp3) is 0.909. The van der Waals surface area contributed by atoms with Crippen molar-refractivity contribution in [2.45, 2.75) is 45.1 Å². The van der Waals surface area contributed by atoms with E-state index < -0.39 is 0 Å². The Hall–Kier alpha value is -0.570. The van der Waals surface area contributed by atoms with E-state index >= 15 is 0 Å². The molecule has 0 unspecified atom stereocenters. The van der Waals surface area contributed by atoms with E-state index in [0.717, 1.165) is 32.3 Å². The minimum atomic E-state index is -0.283. The van der Waals surface area contributed by atoms with Crippen LogP contribution in [-0.4, -0.2) is 25.3 Å². The molecule has 0 bridgehead atoms. The highest BCUT2D eigenvalue weighted by Crippen LogP contribution is 2.46. The highest BCUT2D eigenvalue weighted by molar-refractivity contribution is 5.78. The van der Waals surface area contributed by atoms with Gasteiger partial charge in [0.2, 0.25) is 0 Å². The van der Waals surface area contributed by atoms with Gasteiger partial charge in [-0.25, -0.2) is 0 Å². The minimum Gasteiger partial charge on any atom is -0.465 e. The molecule has 3 nitrogen and oxygen atoms in total. The van der Waals surface area contributed by atoms with Gasteiger partial charge in [-0.15, -0.1) is 0 Å². The average molecular weight is 198 g/mol. The summed E-state index contributed by atoms with van der Waals surface area (Å²) in [7, 11) is 0. The molecule has 2 fully saturated rings. The van der Waals surface area contributed by atoms with Crippen LogP contribution in [0, 0.1) is 5.41 Å². The number of rotatable bonds is 2. The fourth-order valence-electron chi connectivity index (χ4n) is 2.73. The standard InChI is InChI=1S/C11H18O3/c1-2-13-10(12)11-6-4-3-5-9(11)14-8-7-11/h9H,2-8H2,1H3/t9-,11-/m0/s1. The third-order valence-electron chi connectivity index (χ3n) is 3.50. The Morgan fingerprint density at radius 1 is 1.50 bits per heavy atom. The van der Waals surface area contributed by atoms with Crippen LogP contribution in [0.2, 0.25) is 0 Å². The van der Waals surface area contributed by atoms with Gasteiger partial charge >= 0.3 is 5.97 Å². The normalized spacial score (nSPS) is 36.5. The molecule has 1 aliphatic heterocycles. The summed E-state index contributed by atoms with van der Waals surface area (Å²) in [5.41, 5.74) is -0.283. The van der Waals surface area contributed by atoms with Crippen LogP contribution in [0.4, 0.5) is 0 Å². The van der Waals surface area contributed by atoms with Gasteiger partial charge in [0.1, 0.15) is 0 Å². The van der Waals surface area contributed by atoms with Gasteiger partial charge in [-0.2, -0.15) is 0 Å². The van der Waals surface area contributed by atoms with Gasteiger partial charge < -0.3 is 9.47 Å². The summed E-state index contributed by atoms with van der Waals surface area (Å²) >= 11 is 0. The van der Waals surface area contributed by atoms with Crippen LogP contribution < -0.4 is 0 Å². The SMILES string of the molecule is CCOC(=O)[C@]12CCCC[C@@H]1OCC2. The molecule has 80 valence electrons. The Balaban J connectivity index is 2.13. The number of hydrogen-bond acceptors (Lipinski definition) is 3. The number of carbonyl (C=O) groups excluding carboxylic acids is 1. The van der Waals surface area contributed by atoms with E-state index in [1.807, 2.05) is 6.92 Å². The zero-order valence-electron chi connectivity index (χ0n) is 8.75. The van der Waals surface area contributed by atoms with Crippen molar-refractivity contribution in [1.29, 1.82) is 0 Å². The molecule has 1 heterocycles. The van der Waals surface area contributed by atoms with Gasteiger partial charge in [0.25, 0.3) is 0 Å². The molecular formula is C11H18O3.